The maximum absolute atomic E-state index is 14.3. The number of rotatable bonds is 14. The highest BCUT2D eigenvalue weighted by Gasteiger charge is 2.39. The summed E-state index contributed by atoms with van der Waals surface area (Å²) in [6, 6.07) is 6.05. The Kier molecular flexibility index (Phi) is 13.9. The van der Waals surface area contributed by atoms with E-state index in [0.29, 0.717) is 12.5 Å². The van der Waals surface area contributed by atoms with Crippen molar-refractivity contribution in [2.24, 2.45) is 11.8 Å². The quantitative estimate of drug-likeness (QED) is 0.272. The monoisotopic (exact) mass is 531 g/mol. The summed E-state index contributed by atoms with van der Waals surface area (Å²) in [6.45, 7) is 20.2. The molecule has 0 fully saturated rings. The Morgan fingerprint density at radius 3 is 2.03 bits per heavy atom. The highest BCUT2D eigenvalue weighted by molar-refractivity contribution is 5.92. The third kappa shape index (κ3) is 11.0. The average Bonchev–Trinajstić information content (AvgIpc) is 2.82. The minimum Gasteiger partial charge on any atom is -0.444 e. The highest BCUT2D eigenvalue weighted by Crippen LogP contribution is 2.29. The first-order valence-electron chi connectivity index (χ1n) is 14.4. The summed E-state index contributed by atoms with van der Waals surface area (Å²) < 4.78 is 5.47. The van der Waals surface area contributed by atoms with Crippen LogP contribution in [0.15, 0.2) is 24.3 Å². The second kappa shape index (κ2) is 15.7. The molecule has 0 spiro atoms. The van der Waals surface area contributed by atoms with E-state index in [4.69, 9.17) is 4.74 Å². The second-order valence-corrected chi connectivity index (χ2v) is 12.1. The van der Waals surface area contributed by atoms with Crippen molar-refractivity contribution in [2.75, 3.05) is 6.54 Å². The Labute approximate surface area is 231 Å². The van der Waals surface area contributed by atoms with Gasteiger partial charge in [0.05, 0.1) is 0 Å². The molecular weight excluding hydrogens is 478 g/mol. The number of ether oxygens (including phenoxy) is 1. The van der Waals surface area contributed by atoms with Gasteiger partial charge < -0.3 is 20.3 Å². The molecule has 3 unspecified atom stereocenters. The summed E-state index contributed by atoms with van der Waals surface area (Å²) in [5, 5.41) is 5.87. The van der Waals surface area contributed by atoms with Gasteiger partial charge in [-0.3, -0.25) is 9.59 Å². The largest absolute Gasteiger partial charge is 0.444 e. The predicted octanol–water partition coefficient (Wildman–Crippen LogP) is 6.41. The molecule has 1 aromatic carbocycles. The van der Waals surface area contributed by atoms with E-state index in [2.05, 4.69) is 38.3 Å². The molecule has 1 rings (SSSR count). The van der Waals surface area contributed by atoms with Gasteiger partial charge in [-0.15, -0.1) is 0 Å². The number of benzene rings is 1. The molecule has 0 saturated carbocycles. The lowest BCUT2D eigenvalue weighted by molar-refractivity contribution is -0.146. The number of unbranched alkanes of at least 4 members (excludes halogenated alkanes) is 1. The van der Waals surface area contributed by atoms with E-state index >= 15 is 0 Å². The van der Waals surface area contributed by atoms with Gasteiger partial charge in [0.25, 0.3) is 0 Å². The maximum Gasteiger partial charge on any atom is 0.408 e. The number of nitrogens with one attached hydrogen (secondary N) is 2. The van der Waals surface area contributed by atoms with E-state index in [1.165, 1.54) is 0 Å². The Morgan fingerprint density at radius 2 is 1.55 bits per heavy atom. The number of carbonyl (C=O) groups is 3. The molecule has 0 bridgehead atoms. The molecule has 2 N–H and O–H groups in total. The number of nitrogens with zero attached hydrogens (tertiary/aromatic N) is 1. The van der Waals surface area contributed by atoms with Crippen LogP contribution in [-0.4, -0.2) is 47.0 Å². The van der Waals surface area contributed by atoms with Crippen molar-refractivity contribution >= 4 is 17.9 Å². The van der Waals surface area contributed by atoms with E-state index in [1.807, 2.05) is 45.0 Å². The van der Waals surface area contributed by atoms with Crippen LogP contribution in [0.3, 0.4) is 0 Å². The minimum atomic E-state index is -0.841. The normalized spacial score (nSPS) is 14.1. The summed E-state index contributed by atoms with van der Waals surface area (Å²) in [7, 11) is 0. The summed E-state index contributed by atoms with van der Waals surface area (Å²) in [6.07, 6.45) is 3.71. The fraction of sp³-hybridized carbons (Fsp3) is 0.710. The van der Waals surface area contributed by atoms with Crippen molar-refractivity contribution < 1.29 is 19.1 Å². The van der Waals surface area contributed by atoms with Crippen LogP contribution in [0.25, 0.3) is 0 Å². The molecule has 216 valence electrons. The zero-order valence-electron chi connectivity index (χ0n) is 25.5. The predicted molar refractivity (Wildman–Crippen MR) is 155 cm³/mol. The SMILES string of the molecule is CCCCNC(=O)C(c1ccc(CC)cc1)N(C(=O)C(NC(=O)OC(C)(C)C)C(C)C)C(C)CCC(C)C. The summed E-state index contributed by atoms with van der Waals surface area (Å²) >= 11 is 0. The van der Waals surface area contributed by atoms with E-state index in [-0.39, 0.29) is 23.8 Å². The van der Waals surface area contributed by atoms with Crippen LogP contribution in [0.5, 0.6) is 0 Å². The summed E-state index contributed by atoms with van der Waals surface area (Å²) in [5.74, 6) is -0.235. The molecule has 0 aromatic heterocycles. The van der Waals surface area contributed by atoms with E-state index in [1.54, 1.807) is 25.7 Å². The van der Waals surface area contributed by atoms with Gasteiger partial charge in [0.2, 0.25) is 11.8 Å². The van der Waals surface area contributed by atoms with Crippen LogP contribution in [-0.2, 0) is 20.7 Å². The molecular formula is C31H53N3O4. The Bertz CT molecular complexity index is 874. The lowest BCUT2D eigenvalue weighted by atomic mass is 9.94. The molecule has 0 radical (unpaired) electrons. The molecule has 38 heavy (non-hydrogen) atoms. The number of aryl methyl sites for hydroxylation is 1. The fourth-order valence-electron chi connectivity index (χ4n) is 4.28. The van der Waals surface area contributed by atoms with Crippen LogP contribution in [0.1, 0.15) is 112 Å². The third-order valence-electron chi connectivity index (χ3n) is 6.56. The lowest BCUT2D eigenvalue weighted by Gasteiger charge is -2.39. The lowest BCUT2D eigenvalue weighted by Crippen LogP contribution is -2.57. The number of alkyl carbamates (subject to hydrolysis) is 1. The zero-order valence-corrected chi connectivity index (χ0v) is 25.5. The Balaban J connectivity index is 3.56. The molecule has 0 aliphatic carbocycles. The van der Waals surface area contributed by atoms with Gasteiger partial charge in [-0.1, -0.05) is 72.2 Å². The van der Waals surface area contributed by atoms with Crippen LogP contribution < -0.4 is 10.6 Å². The molecule has 7 nitrogen and oxygen atoms in total. The first-order valence-corrected chi connectivity index (χ1v) is 14.4. The van der Waals surface area contributed by atoms with Gasteiger partial charge in [-0.25, -0.2) is 4.79 Å². The van der Waals surface area contributed by atoms with Gasteiger partial charge in [-0.2, -0.15) is 0 Å². The van der Waals surface area contributed by atoms with Crippen molar-refractivity contribution in [2.45, 2.75) is 125 Å². The van der Waals surface area contributed by atoms with Gasteiger partial charge in [0, 0.05) is 12.6 Å². The zero-order chi connectivity index (χ0) is 29.0. The van der Waals surface area contributed by atoms with Crippen molar-refractivity contribution in [3.63, 3.8) is 0 Å². The van der Waals surface area contributed by atoms with Crippen LogP contribution in [0, 0.1) is 11.8 Å². The van der Waals surface area contributed by atoms with Gasteiger partial charge in [-0.05, 0) is 76.3 Å². The van der Waals surface area contributed by atoms with Gasteiger partial charge in [0.1, 0.15) is 17.7 Å². The maximum atomic E-state index is 14.3. The number of hydrogen-bond donors (Lipinski definition) is 2. The molecule has 3 amide bonds. The van der Waals surface area contributed by atoms with Crippen molar-refractivity contribution in [3.8, 4) is 0 Å². The summed E-state index contributed by atoms with van der Waals surface area (Å²) in [5.41, 5.74) is 1.23. The molecule has 0 heterocycles. The molecule has 0 aliphatic heterocycles. The number of hydrogen-bond acceptors (Lipinski definition) is 4. The van der Waals surface area contributed by atoms with Gasteiger partial charge >= 0.3 is 6.09 Å². The number of amides is 3. The van der Waals surface area contributed by atoms with Crippen LogP contribution in [0.2, 0.25) is 0 Å². The van der Waals surface area contributed by atoms with Gasteiger partial charge in [0.15, 0.2) is 0 Å². The van der Waals surface area contributed by atoms with Crippen LogP contribution in [0.4, 0.5) is 4.79 Å². The summed E-state index contributed by atoms with van der Waals surface area (Å²) in [4.78, 5) is 42.5. The molecule has 3 atom stereocenters. The molecule has 0 aliphatic rings. The Morgan fingerprint density at radius 1 is 0.947 bits per heavy atom. The fourth-order valence-corrected chi connectivity index (χ4v) is 4.28. The Hall–Kier alpha value is -2.57. The molecule has 1 aromatic rings. The van der Waals surface area contributed by atoms with E-state index in [0.717, 1.165) is 43.2 Å². The third-order valence-corrected chi connectivity index (χ3v) is 6.56. The van der Waals surface area contributed by atoms with E-state index < -0.39 is 23.8 Å². The standard InChI is InChI=1S/C31H53N3O4/c1-11-13-20-32-28(35)27(25-18-16-24(12-2)17-19-25)34(23(7)15-14-21(3)4)29(36)26(22(5)6)33-30(37)38-31(8,9)10/h16-19,21-23,26-27H,11-15,20H2,1-10H3,(H,32,35)(H,33,37). The molecule has 7 heteroatoms. The van der Waals surface area contributed by atoms with E-state index in [9.17, 15) is 14.4 Å². The number of carbonyl (C=O) groups excluding carboxylic acids is 3. The highest BCUT2D eigenvalue weighted by atomic mass is 16.6. The average molecular weight is 532 g/mol. The van der Waals surface area contributed by atoms with Crippen molar-refractivity contribution in [1.82, 2.24) is 15.5 Å². The first kappa shape index (κ1) is 33.5. The minimum absolute atomic E-state index is 0.202. The molecule has 0 saturated heterocycles. The van der Waals surface area contributed by atoms with Crippen molar-refractivity contribution in [1.29, 1.82) is 0 Å². The second-order valence-electron chi connectivity index (χ2n) is 12.1. The topological polar surface area (TPSA) is 87.7 Å². The first-order chi connectivity index (χ1) is 17.7. The van der Waals surface area contributed by atoms with Crippen LogP contribution >= 0.6 is 0 Å². The smallest absolute Gasteiger partial charge is 0.408 e. The van der Waals surface area contributed by atoms with Crippen molar-refractivity contribution in [3.05, 3.63) is 35.4 Å².